The minimum atomic E-state index is -1.59. The van der Waals surface area contributed by atoms with Crippen molar-refractivity contribution in [3.05, 3.63) is 0 Å². The molecular formula is C7H11LiO6. The third-order valence-electron chi connectivity index (χ3n) is 0.991. The van der Waals surface area contributed by atoms with Gasteiger partial charge in [-0.1, -0.05) is 0 Å². The first-order valence-corrected chi connectivity index (χ1v) is 3.80. The average Bonchev–Trinajstić information content (AvgIpc) is 2.03. The van der Waals surface area contributed by atoms with Crippen molar-refractivity contribution < 1.29 is 47.8 Å². The summed E-state index contributed by atoms with van der Waals surface area (Å²) in [5.41, 5.74) is 0. The predicted molar refractivity (Wildman–Crippen MR) is 38.9 cm³/mol. The zero-order chi connectivity index (χ0) is 10.1. The monoisotopic (exact) mass is 198 g/mol. The van der Waals surface area contributed by atoms with Crippen molar-refractivity contribution >= 4 is 12.3 Å². The van der Waals surface area contributed by atoms with E-state index in [1.54, 1.807) is 6.92 Å². The minimum Gasteiger partial charge on any atom is -0.550 e. The van der Waals surface area contributed by atoms with E-state index < -0.39 is 12.3 Å². The van der Waals surface area contributed by atoms with Gasteiger partial charge in [-0.2, -0.15) is 0 Å². The molecule has 0 rings (SSSR count). The largest absolute Gasteiger partial charge is 1.00 e. The van der Waals surface area contributed by atoms with Crippen LogP contribution < -0.4 is 24.0 Å². The topological polar surface area (TPSA) is 84.9 Å². The summed E-state index contributed by atoms with van der Waals surface area (Å²) in [5.74, 6) is 0. The molecule has 6 nitrogen and oxygen atoms in total. The molecule has 0 aromatic heterocycles. The molecule has 14 heavy (non-hydrogen) atoms. The Hall–Kier alpha value is -0.863. The summed E-state index contributed by atoms with van der Waals surface area (Å²) in [7, 11) is 0. The quantitative estimate of drug-likeness (QED) is 0.264. The number of rotatable bonds is 5. The molecule has 0 N–H and O–H groups in total. The number of hydrogen-bond donors (Lipinski definition) is 0. The van der Waals surface area contributed by atoms with Gasteiger partial charge < -0.3 is 24.1 Å². The standard InChI is InChI=1S/C7H12O6.Li/c1-2-11-7(10)13-5-3-4-12-6(8)9;/h2-5H2,1H3,(H,8,9);/q;+1/p-1. The molecule has 0 saturated heterocycles. The van der Waals surface area contributed by atoms with Gasteiger partial charge in [0.2, 0.25) is 0 Å². The van der Waals surface area contributed by atoms with Crippen molar-refractivity contribution in [3.8, 4) is 0 Å². The molecule has 7 heteroatoms. The molecule has 0 bridgehead atoms. The SMILES string of the molecule is CCOC(=O)OCCCOC(=O)[O-].[Li+]. The number of carbonyl (C=O) groups is 2. The second-order valence-corrected chi connectivity index (χ2v) is 1.98. The minimum absolute atomic E-state index is 0. The second-order valence-electron chi connectivity index (χ2n) is 1.98. The maximum atomic E-state index is 10.5. The average molecular weight is 198 g/mol. The van der Waals surface area contributed by atoms with Crippen molar-refractivity contribution in [1.29, 1.82) is 0 Å². The Morgan fingerprint density at radius 1 is 1.14 bits per heavy atom. The van der Waals surface area contributed by atoms with E-state index in [-0.39, 0.29) is 45.1 Å². The molecule has 0 spiro atoms. The van der Waals surface area contributed by atoms with Crippen LogP contribution in [0.2, 0.25) is 0 Å². The first kappa shape index (κ1) is 15.6. The predicted octanol–water partition coefficient (Wildman–Crippen LogP) is -3.09. The first-order chi connectivity index (χ1) is 6.16. The van der Waals surface area contributed by atoms with Crippen LogP contribution in [0.5, 0.6) is 0 Å². The van der Waals surface area contributed by atoms with Crippen molar-refractivity contribution in [3.63, 3.8) is 0 Å². The van der Waals surface area contributed by atoms with Gasteiger partial charge in [-0.25, -0.2) is 4.79 Å². The number of carbonyl (C=O) groups excluding carboxylic acids is 2. The summed E-state index contributed by atoms with van der Waals surface area (Å²) in [6, 6.07) is 0. The van der Waals surface area contributed by atoms with Gasteiger partial charge in [0.15, 0.2) is 0 Å². The van der Waals surface area contributed by atoms with Gasteiger partial charge in [0, 0.05) is 6.61 Å². The van der Waals surface area contributed by atoms with Crippen molar-refractivity contribution in [2.45, 2.75) is 13.3 Å². The van der Waals surface area contributed by atoms with Crippen LogP contribution in [0.25, 0.3) is 0 Å². The third kappa shape index (κ3) is 11.1. The maximum Gasteiger partial charge on any atom is 1.00 e. The van der Waals surface area contributed by atoms with Crippen molar-refractivity contribution in [2.24, 2.45) is 0 Å². The van der Waals surface area contributed by atoms with Gasteiger partial charge in [0.05, 0.1) is 13.2 Å². The van der Waals surface area contributed by atoms with E-state index in [0.29, 0.717) is 0 Å². The van der Waals surface area contributed by atoms with Crippen LogP contribution in [0.3, 0.4) is 0 Å². The van der Waals surface area contributed by atoms with Crippen LogP contribution in [0.4, 0.5) is 9.59 Å². The Labute approximate surface area is 93.7 Å². The third-order valence-corrected chi connectivity index (χ3v) is 0.991. The Bertz CT molecular complexity index is 172. The Morgan fingerprint density at radius 2 is 1.71 bits per heavy atom. The van der Waals surface area contributed by atoms with Gasteiger partial charge in [-0.3, -0.25) is 0 Å². The van der Waals surface area contributed by atoms with Gasteiger partial charge in [0.25, 0.3) is 6.16 Å². The molecule has 0 aliphatic heterocycles. The van der Waals surface area contributed by atoms with Gasteiger partial charge in [-0.05, 0) is 13.3 Å². The molecule has 0 atom stereocenters. The van der Waals surface area contributed by atoms with Gasteiger partial charge in [0.1, 0.15) is 0 Å². The van der Waals surface area contributed by atoms with Gasteiger partial charge in [-0.15, -0.1) is 0 Å². The van der Waals surface area contributed by atoms with Crippen molar-refractivity contribution in [1.82, 2.24) is 0 Å². The second kappa shape index (κ2) is 10.2. The molecule has 0 aliphatic carbocycles. The molecule has 0 fully saturated rings. The Kier molecular flexibility index (Phi) is 11.4. The Morgan fingerprint density at radius 3 is 2.21 bits per heavy atom. The maximum absolute atomic E-state index is 10.5. The summed E-state index contributed by atoms with van der Waals surface area (Å²) in [5, 5.41) is 9.73. The van der Waals surface area contributed by atoms with Gasteiger partial charge >= 0.3 is 25.0 Å². The van der Waals surface area contributed by atoms with Crippen molar-refractivity contribution in [2.75, 3.05) is 19.8 Å². The van der Waals surface area contributed by atoms with E-state index in [1.165, 1.54) is 0 Å². The molecule has 0 saturated carbocycles. The first-order valence-electron chi connectivity index (χ1n) is 3.80. The normalized spacial score (nSPS) is 8.36. The van der Waals surface area contributed by atoms with Crippen LogP contribution in [-0.2, 0) is 14.2 Å². The summed E-state index contributed by atoms with van der Waals surface area (Å²) in [6.45, 7) is 1.91. The smallest absolute Gasteiger partial charge is 0.550 e. The zero-order valence-corrected chi connectivity index (χ0v) is 8.28. The molecule has 0 radical (unpaired) electrons. The van der Waals surface area contributed by atoms with Crippen LogP contribution in [0.15, 0.2) is 0 Å². The van der Waals surface area contributed by atoms with E-state index in [1.807, 2.05) is 0 Å². The molecule has 0 aromatic carbocycles. The number of carboxylic acid groups (broad SMARTS) is 1. The fourth-order valence-electron chi connectivity index (χ4n) is 0.529. The Balaban J connectivity index is 0. The number of ether oxygens (including phenoxy) is 3. The van der Waals surface area contributed by atoms with Crippen LogP contribution >= 0.6 is 0 Å². The molecule has 0 heterocycles. The molecular weight excluding hydrogens is 187 g/mol. The number of hydrogen-bond acceptors (Lipinski definition) is 6. The summed E-state index contributed by atoms with van der Waals surface area (Å²) in [6.07, 6.45) is -2.07. The fourth-order valence-corrected chi connectivity index (χ4v) is 0.529. The van der Waals surface area contributed by atoms with E-state index in [0.717, 1.165) is 0 Å². The molecule has 0 unspecified atom stereocenters. The van der Waals surface area contributed by atoms with Crippen LogP contribution in [0, 0.1) is 0 Å². The van der Waals surface area contributed by atoms with E-state index in [2.05, 4.69) is 14.2 Å². The van der Waals surface area contributed by atoms with Crippen LogP contribution in [-0.4, -0.2) is 32.1 Å². The molecule has 0 amide bonds. The van der Waals surface area contributed by atoms with E-state index in [9.17, 15) is 14.7 Å². The molecule has 76 valence electrons. The molecule has 0 aromatic rings. The molecule has 0 aliphatic rings. The summed E-state index contributed by atoms with van der Waals surface area (Å²) in [4.78, 5) is 20.3. The zero-order valence-electron chi connectivity index (χ0n) is 8.28. The van der Waals surface area contributed by atoms with E-state index >= 15 is 0 Å². The van der Waals surface area contributed by atoms with Crippen LogP contribution in [0.1, 0.15) is 13.3 Å². The summed E-state index contributed by atoms with van der Waals surface area (Å²) < 4.78 is 13.0. The summed E-state index contributed by atoms with van der Waals surface area (Å²) >= 11 is 0. The van der Waals surface area contributed by atoms with E-state index in [4.69, 9.17) is 0 Å². The fraction of sp³-hybridized carbons (Fsp3) is 0.714.